The maximum atomic E-state index is 5.42. The highest BCUT2D eigenvalue weighted by molar-refractivity contribution is 5.60. The number of rotatable bonds is 5. The molecule has 25 heavy (non-hydrogen) atoms. The highest BCUT2D eigenvalue weighted by Gasteiger charge is 2.15. The average molecular weight is 338 g/mol. The monoisotopic (exact) mass is 338 g/mol. The summed E-state index contributed by atoms with van der Waals surface area (Å²) >= 11 is 0. The van der Waals surface area contributed by atoms with Gasteiger partial charge in [-0.15, -0.1) is 10.2 Å². The maximum absolute atomic E-state index is 5.42. The number of benzene rings is 1. The highest BCUT2D eigenvalue weighted by atomic mass is 16.5. The minimum absolute atomic E-state index is 0.567. The molecule has 1 saturated heterocycles. The third kappa shape index (κ3) is 4.35. The fourth-order valence-electron chi connectivity index (χ4n) is 3.69. The zero-order valence-corrected chi connectivity index (χ0v) is 14.7. The summed E-state index contributed by atoms with van der Waals surface area (Å²) in [6.07, 6.45) is 5.12. The van der Waals surface area contributed by atoms with Crippen LogP contribution in [0, 0.1) is 0 Å². The van der Waals surface area contributed by atoms with Crippen LogP contribution in [0.4, 0.5) is 5.82 Å². The predicted octanol–water partition coefficient (Wildman–Crippen LogP) is 3.33. The number of anilines is 1. The molecule has 0 spiro atoms. The van der Waals surface area contributed by atoms with Crippen LogP contribution in [0.3, 0.4) is 0 Å². The lowest BCUT2D eigenvalue weighted by Crippen LogP contribution is -2.35. The highest BCUT2D eigenvalue weighted by Crippen LogP contribution is 2.23. The van der Waals surface area contributed by atoms with E-state index >= 15 is 0 Å². The van der Waals surface area contributed by atoms with Crippen LogP contribution in [0.15, 0.2) is 36.4 Å². The van der Waals surface area contributed by atoms with Gasteiger partial charge in [0.2, 0.25) is 0 Å². The van der Waals surface area contributed by atoms with Crippen molar-refractivity contribution in [3.8, 4) is 11.3 Å². The Morgan fingerprint density at radius 3 is 2.64 bits per heavy atom. The zero-order valence-electron chi connectivity index (χ0n) is 14.7. The number of morpholine rings is 1. The summed E-state index contributed by atoms with van der Waals surface area (Å²) in [5.74, 6) is 0.889. The van der Waals surface area contributed by atoms with E-state index in [-0.39, 0.29) is 0 Å². The van der Waals surface area contributed by atoms with Gasteiger partial charge in [0.05, 0.1) is 18.9 Å². The zero-order chi connectivity index (χ0) is 16.9. The average Bonchev–Trinajstić information content (AvgIpc) is 3.16. The maximum Gasteiger partial charge on any atom is 0.148 e. The molecule has 1 N–H and O–H groups in total. The first kappa shape index (κ1) is 16.5. The molecule has 2 fully saturated rings. The van der Waals surface area contributed by atoms with Crippen molar-refractivity contribution in [3.63, 3.8) is 0 Å². The van der Waals surface area contributed by atoms with Crippen LogP contribution in [-0.4, -0.2) is 47.4 Å². The standard InChI is InChI=1S/C20H26N4O/c1-2-7-18(6-1)21-20-9-8-19(22-23-20)17-5-3-4-16(14-17)15-24-10-12-25-13-11-24/h3-5,8-9,14,18H,1-2,6-7,10-13,15H2,(H,21,23). The topological polar surface area (TPSA) is 50.3 Å². The first-order valence-corrected chi connectivity index (χ1v) is 9.36. The van der Waals surface area contributed by atoms with Gasteiger partial charge in [-0.25, -0.2) is 0 Å². The third-order valence-electron chi connectivity index (χ3n) is 5.10. The van der Waals surface area contributed by atoms with Crippen molar-refractivity contribution in [1.29, 1.82) is 0 Å². The summed E-state index contributed by atoms with van der Waals surface area (Å²) in [5, 5.41) is 12.3. The van der Waals surface area contributed by atoms with Crippen LogP contribution >= 0.6 is 0 Å². The van der Waals surface area contributed by atoms with Crippen molar-refractivity contribution >= 4 is 5.82 Å². The fraction of sp³-hybridized carbons (Fsp3) is 0.500. The number of nitrogens with one attached hydrogen (secondary N) is 1. The number of ether oxygens (including phenoxy) is 1. The summed E-state index contributed by atoms with van der Waals surface area (Å²) in [6.45, 7) is 4.64. The largest absolute Gasteiger partial charge is 0.379 e. The summed E-state index contributed by atoms with van der Waals surface area (Å²) in [4.78, 5) is 2.43. The normalized spacial score (nSPS) is 19.2. The minimum atomic E-state index is 0.567. The van der Waals surface area contributed by atoms with Crippen molar-refractivity contribution in [1.82, 2.24) is 15.1 Å². The second-order valence-corrected chi connectivity index (χ2v) is 7.02. The number of hydrogen-bond acceptors (Lipinski definition) is 5. The number of hydrogen-bond donors (Lipinski definition) is 1. The Labute approximate surface area is 149 Å². The molecule has 1 aromatic heterocycles. The van der Waals surface area contributed by atoms with E-state index in [1.807, 2.05) is 0 Å². The number of nitrogens with zero attached hydrogens (tertiary/aromatic N) is 3. The van der Waals surface area contributed by atoms with E-state index in [9.17, 15) is 0 Å². The molecule has 5 nitrogen and oxygen atoms in total. The third-order valence-corrected chi connectivity index (χ3v) is 5.10. The van der Waals surface area contributed by atoms with Gasteiger partial charge in [0.15, 0.2) is 0 Å². The van der Waals surface area contributed by atoms with Gasteiger partial charge in [0, 0.05) is 31.2 Å². The molecule has 0 radical (unpaired) electrons. The minimum Gasteiger partial charge on any atom is -0.379 e. The van der Waals surface area contributed by atoms with Crippen LogP contribution in [0.2, 0.25) is 0 Å². The van der Waals surface area contributed by atoms with E-state index in [1.165, 1.54) is 31.2 Å². The van der Waals surface area contributed by atoms with Gasteiger partial charge >= 0.3 is 0 Å². The Hall–Kier alpha value is -1.98. The Balaban J connectivity index is 1.42. The van der Waals surface area contributed by atoms with Crippen LogP contribution in [-0.2, 0) is 11.3 Å². The van der Waals surface area contributed by atoms with Gasteiger partial charge in [0.25, 0.3) is 0 Å². The van der Waals surface area contributed by atoms with Crippen LogP contribution < -0.4 is 5.32 Å². The Bertz CT molecular complexity index is 676. The van der Waals surface area contributed by atoms with Crippen molar-refractivity contribution in [2.24, 2.45) is 0 Å². The van der Waals surface area contributed by atoms with Gasteiger partial charge in [-0.05, 0) is 36.6 Å². The van der Waals surface area contributed by atoms with E-state index in [2.05, 4.69) is 56.8 Å². The molecule has 132 valence electrons. The molecule has 1 aliphatic carbocycles. The van der Waals surface area contributed by atoms with Gasteiger partial charge in [-0.3, -0.25) is 4.90 Å². The second kappa shape index (κ2) is 7.93. The Kier molecular flexibility index (Phi) is 5.23. The van der Waals surface area contributed by atoms with Gasteiger partial charge in [-0.1, -0.05) is 31.0 Å². The lowest BCUT2D eigenvalue weighted by molar-refractivity contribution is 0.0342. The van der Waals surface area contributed by atoms with Crippen molar-refractivity contribution in [2.45, 2.75) is 38.3 Å². The summed E-state index contributed by atoms with van der Waals surface area (Å²) in [7, 11) is 0. The quantitative estimate of drug-likeness (QED) is 0.906. The molecule has 2 aliphatic rings. The van der Waals surface area contributed by atoms with Gasteiger partial charge in [-0.2, -0.15) is 0 Å². The number of aromatic nitrogens is 2. The molecule has 0 bridgehead atoms. The van der Waals surface area contributed by atoms with Crippen molar-refractivity contribution in [2.75, 3.05) is 31.6 Å². The van der Waals surface area contributed by atoms with Crippen LogP contribution in [0.5, 0.6) is 0 Å². The van der Waals surface area contributed by atoms with Crippen LogP contribution in [0.1, 0.15) is 31.2 Å². The van der Waals surface area contributed by atoms with E-state index < -0.39 is 0 Å². The van der Waals surface area contributed by atoms with E-state index in [0.717, 1.165) is 49.9 Å². The molecule has 2 heterocycles. The molecule has 0 amide bonds. The van der Waals surface area contributed by atoms with E-state index in [4.69, 9.17) is 4.74 Å². The molecule has 2 aromatic rings. The molecule has 1 aromatic carbocycles. The predicted molar refractivity (Wildman–Crippen MR) is 99.4 cm³/mol. The molecular weight excluding hydrogens is 312 g/mol. The lowest BCUT2D eigenvalue weighted by Gasteiger charge is -2.26. The molecule has 0 unspecified atom stereocenters. The van der Waals surface area contributed by atoms with Gasteiger partial charge in [0.1, 0.15) is 5.82 Å². The Morgan fingerprint density at radius 1 is 1.04 bits per heavy atom. The molecule has 1 saturated carbocycles. The van der Waals surface area contributed by atoms with Gasteiger partial charge < -0.3 is 10.1 Å². The molecule has 4 rings (SSSR count). The Morgan fingerprint density at radius 2 is 1.88 bits per heavy atom. The van der Waals surface area contributed by atoms with Crippen molar-refractivity contribution < 1.29 is 4.74 Å². The van der Waals surface area contributed by atoms with Crippen molar-refractivity contribution in [3.05, 3.63) is 42.0 Å². The lowest BCUT2D eigenvalue weighted by atomic mass is 10.1. The second-order valence-electron chi connectivity index (χ2n) is 7.02. The first-order valence-electron chi connectivity index (χ1n) is 9.36. The molecular formula is C20H26N4O. The smallest absolute Gasteiger partial charge is 0.148 e. The SMILES string of the molecule is c1cc(CN2CCOCC2)cc(-c2ccc(NC3CCCC3)nn2)c1. The molecule has 5 heteroatoms. The van der Waals surface area contributed by atoms with Crippen LogP contribution in [0.25, 0.3) is 11.3 Å². The summed E-state index contributed by atoms with van der Waals surface area (Å²) in [6, 6.07) is 13.3. The first-order chi connectivity index (χ1) is 12.4. The fourth-order valence-corrected chi connectivity index (χ4v) is 3.69. The molecule has 0 atom stereocenters. The summed E-state index contributed by atoms with van der Waals surface area (Å²) in [5.41, 5.74) is 3.38. The van der Waals surface area contributed by atoms with E-state index in [0.29, 0.717) is 6.04 Å². The summed E-state index contributed by atoms with van der Waals surface area (Å²) < 4.78 is 5.42. The van der Waals surface area contributed by atoms with E-state index in [1.54, 1.807) is 0 Å². The molecule has 1 aliphatic heterocycles.